The Morgan fingerprint density at radius 2 is 1.87 bits per heavy atom. The number of nitrogens with zero attached hydrogens (tertiary/aromatic N) is 4. The maximum absolute atomic E-state index is 13.0. The van der Waals surface area contributed by atoms with Crippen LogP contribution >= 0.6 is 0 Å². The van der Waals surface area contributed by atoms with E-state index < -0.39 is 0 Å². The molecule has 0 radical (unpaired) electrons. The van der Waals surface area contributed by atoms with Crippen LogP contribution in [0.4, 0.5) is 5.82 Å². The van der Waals surface area contributed by atoms with Gasteiger partial charge in [-0.3, -0.25) is 4.79 Å². The SMILES string of the molecule is CCC1CCCCN1C(=O)c1cc(N2CCCCC2)nc(C)n1. The summed E-state index contributed by atoms with van der Waals surface area (Å²) < 4.78 is 0. The first kappa shape index (κ1) is 16.2. The fourth-order valence-electron chi connectivity index (χ4n) is 3.79. The Kier molecular flexibility index (Phi) is 5.13. The molecule has 1 atom stereocenters. The van der Waals surface area contributed by atoms with Crippen LogP contribution in [0.25, 0.3) is 0 Å². The van der Waals surface area contributed by atoms with Crippen molar-refractivity contribution < 1.29 is 4.79 Å². The van der Waals surface area contributed by atoms with Crippen molar-refractivity contribution in [3.63, 3.8) is 0 Å². The van der Waals surface area contributed by atoms with Crippen LogP contribution in [0.3, 0.4) is 0 Å². The second-order valence-corrected chi connectivity index (χ2v) is 6.76. The summed E-state index contributed by atoms with van der Waals surface area (Å²) in [6.07, 6.45) is 8.17. The number of carbonyl (C=O) groups excluding carboxylic acids is 1. The Bertz CT molecular complexity index is 554. The molecule has 1 amide bonds. The lowest BCUT2D eigenvalue weighted by atomic mass is 9.99. The minimum absolute atomic E-state index is 0.0836. The zero-order chi connectivity index (χ0) is 16.2. The third-order valence-electron chi connectivity index (χ3n) is 5.08. The zero-order valence-electron chi connectivity index (χ0n) is 14.4. The second kappa shape index (κ2) is 7.28. The summed E-state index contributed by atoms with van der Waals surface area (Å²) in [6, 6.07) is 2.27. The largest absolute Gasteiger partial charge is 0.356 e. The lowest BCUT2D eigenvalue weighted by molar-refractivity contribution is 0.0601. The second-order valence-electron chi connectivity index (χ2n) is 6.76. The van der Waals surface area contributed by atoms with Crippen LogP contribution in [0, 0.1) is 6.92 Å². The molecule has 0 spiro atoms. The van der Waals surface area contributed by atoms with Gasteiger partial charge in [0, 0.05) is 31.7 Å². The Morgan fingerprint density at radius 1 is 1.13 bits per heavy atom. The number of hydrogen-bond donors (Lipinski definition) is 0. The molecule has 1 unspecified atom stereocenters. The van der Waals surface area contributed by atoms with Crippen LogP contribution in [0.2, 0.25) is 0 Å². The van der Waals surface area contributed by atoms with Gasteiger partial charge in [-0.15, -0.1) is 0 Å². The van der Waals surface area contributed by atoms with Crippen LogP contribution in [0.5, 0.6) is 0 Å². The normalized spacial score (nSPS) is 22.3. The quantitative estimate of drug-likeness (QED) is 0.859. The summed E-state index contributed by atoms with van der Waals surface area (Å²) >= 11 is 0. The fourth-order valence-corrected chi connectivity index (χ4v) is 3.79. The number of likely N-dealkylation sites (tertiary alicyclic amines) is 1. The first-order chi connectivity index (χ1) is 11.2. The van der Waals surface area contributed by atoms with E-state index in [0.29, 0.717) is 17.6 Å². The Hall–Kier alpha value is -1.65. The first-order valence-corrected chi connectivity index (χ1v) is 9.10. The highest BCUT2D eigenvalue weighted by molar-refractivity contribution is 5.93. The number of rotatable bonds is 3. The molecular formula is C18H28N4O. The lowest BCUT2D eigenvalue weighted by Gasteiger charge is -2.35. The predicted molar refractivity (Wildman–Crippen MR) is 91.8 cm³/mol. The fraction of sp³-hybridized carbons (Fsp3) is 0.722. The number of aromatic nitrogens is 2. The van der Waals surface area contributed by atoms with E-state index in [-0.39, 0.29) is 5.91 Å². The van der Waals surface area contributed by atoms with Crippen LogP contribution in [-0.4, -0.2) is 46.5 Å². The lowest BCUT2D eigenvalue weighted by Crippen LogP contribution is -2.43. The highest BCUT2D eigenvalue weighted by Gasteiger charge is 2.28. The van der Waals surface area contributed by atoms with Gasteiger partial charge < -0.3 is 9.80 Å². The average molecular weight is 316 g/mol. The Labute approximate surface area is 139 Å². The van der Waals surface area contributed by atoms with Gasteiger partial charge in [0.15, 0.2) is 0 Å². The van der Waals surface area contributed by atoms with Crippen molar-refractivity contribution in [1.82, 2.24) is 14.9 Å². The molecule has 5 heteroatoms. The van der Waals surface area contributed by atoms with Gasteiger partial charge in [-0.2, -0.15) is 0 Å². The molecule has 1 aromatic heterocycles. The van der Waals surface area contributed by atoms with E-state index in [1.807, 2.05) is 17.9 Å². The van der Waals surface area contributed by atoms with E-state index >= 15 is 0 Å². The molecular weight excluding hydrogens is 288 g/mol. The zero-order valence-corrected chi connectivity index (χ0v) is 14.4. The van der Waals surface area contributed by atoms with Gasteiger partial charge in [0.25, 0.3) is 5.91 Å². The smallest absolute Gasteiger partial charge is 0.272 e. The van der Waals surface area contributed by atoms with Gasteiger partial charge in [0.05, 0.1) is 0 Å². The predicted octanol–water partition coefficient (Wildman–Crippen LogP) is 3.18. The molecule has 2 fully saturated rings. The molecule has 0 aromatic carbocycles. The number of carbonyl (C=O) groups is 1. The van der Waals surface area contributed by atoms with Crippen molar-refractivity contribution in [2.75, 3.05) is 24.5 Å². The van der Waals surface area contributed by atoms with Gasteiger partial charge in [-0.05, 0) is 51.9 Å². The molecule has 2 aliphatic rings. The van der Waals surface area contributed by atoms with E-state index in [4.69, 9.17) is 0 Å². The maximum atomic E-state index is 13.0. The summed E-state index contributed by atoms with van der Waals surface area (Å²) in [5.41, 5.74) is 0.568. The van der Waals surface area contributed by atoms with Gasteiger partial charge in [0.1, 0.15) is 17.3 Å². The Morgan fingerprint density at radius 3 is 2.61 bits per heavy atom. The van der Waals surface area contributed by atoms with E-state index in [1.165, 1.54) is 25.7 Å². The molecule has 3 heterocycles. The number of aryl methyl sites for hydroxylation is 1. The van der Waals surface area contributed by atoms with E-state index in [9.17, 15) is 4.79 Å². The van der Waals surface area contributed by atoms with Crippen molar-refractivity contribution in [2.45, 2.75) is 64.8 Å². The summed E-state index contributed by atoms with van der Waals surface area (Å²) in [7, 11) is 0. The third-order valence-corrected chi connectivity index (χ3v) is 5.08. The number of hydrogen-bond acceptors (Lipinski definition) is 4. The minimum atomic E-state index is 0.0836. The number of amides is 1. The molecule has 0 saturated carbocycles. The molecule has 3 rings (SSSR count). The van der Waals surface area contributed by atoms with Crippen LogP contribution < -0.4 is 4.90 Å². The van der Waals surface area contributed by atoms with Gasteiger partial charge in [-0.1, -0.05) is 6.92 Å². The molecule has 1 aromatic rings. The molecule has 0 aliphatic carbocycles. The molecule has 23 heavy (non-hydrogen) atoms. The van der Waals surface area contributed by atoms with Crippen LogP contribution in [-0.2, 0) is 0 Å². The van der Waals surface area contributed by atoms with Crippen molar-refractivity contribution in [3.8, 4) is 0 Å². The van der Waals surface area contributed by atoms with E-state index in [1.54, 1.807) is 0 Å². The Balaban J connectivity index is 1.83. The topological polar surface area (TPSA) is 49.3 Å². The molecule has 0 N–H and O–H groups in total. The number of piperidine rings is 2. The molecule has 2 saturated heterocycles. The number of anilines is 1. The standard InChI is InChI=1S/C18H28N4O/c1-3-15-9-5-8-12-22(15)18(23)16-13-17(20-14(2)19-16)21-10-6-4-7-11-21/h13,15H,3-12H2,1-2H3. The summed E-state index contributed by atoms with van der Waals surface area (Å²) in [5.74, 6) is 1.70. The molecule has 0 bridgehead atoms. The van der Waals surface area contributed by atoms with Crippen LogP contribution in [0.15, 0.2) is 6.07 Å². The molecule has 5 nitrogen and oxygen atoms in total. The summed E-state index contributed by atoms with van der Waals surface area (Å²) in [5, 5.41) is 0. The minimum Gasteiger partial charge on any atom is -0.356 e. The first-order valence-electron chi connectivity index (χ1n) is 9.10. The summed E-state index contributed by atoms with van der Waals surface area (Å²) in [4.78, 5) is 26.3. The van der Waals surface area contributed by atoms with Crippen molar-refractivity contribution >= 4 is 11.7 Å². The molecule has 2 aliphatic heterocycles. The highest BCUT2D eigenvalue weighted by atomic mass is 16.2. The van der Waals surface area contributed by atoms with Gasteiger partial charge >= 0.3 is 0 Å². The third kappa shape index (κ3) is 3.65. The highest BCUT2D eigenvalue weighted by Crippen LogP contribution is 2.23. The van der Waals surface area contributed by atoms with Gasteiger partial charge in [-0.25, -0.2) is 9.97 Å². The average Bonchev–Trinajstić information content (AvgIpc) is 2.61. The van der Waals surface area contributed by atoms with Crippen molar-refractivity contribution in [3.05, 3.63) is 17.6 Å². The maximum Gasteiger partial charge on any atom is 0.272 e. The van der Waals surface area contributed by atoms with Crippen LogP contribution in [0.1, 0.15) is 68.2 Å². The summed E-state index contributed by atoms with van der Waals surface area (Å²) in [6.45, 7) is 6.98. The molecule has 126 valence electrons. The van der Waals surface area contributed by atoms with E-state index in [0.717, 1.165) is 44.7 Å². The van der Waals surface area contributed by atoms with Gasteiger partial charge in [0.2, 0.25) is 0 Å². The van der Waals surface area contributed by atoms with Crippen molar-refractivity contribution in [1.29, 1.82) is 0 Å². The van der Waals surface area contributed by atoms with E-state index in [2.05, 4.69) is 21.8 Å². The monoisotopic (exact) mass is 316 g/mol. The van der Waals surface area contributed by atoms with Crippen molar-refractivity contribution in [2.24, 2.45) is 0 Å².